The summed E-state index contributed by atoms with van der Waals surface area (Å²) in [6, 6.07) is 6.45. The Hall–Kier alpha value is -1.66. The second kappa shape index (κ2) is 5.54. The number of aryl methyl sites for hydroxylation is 1. The lowest BCUT2D eigenvalue weighted by Crippen LogP contribution is -1.97. The Kier molecular flexibility index (Phi) is 4.01. The van der Waals surface area contributed by atoms with Crippen molar-refractivity contribution in [2.24, 2.45) is 0 Å². The minimum Gasteiger partial charge on any atom is -0.431 e. The monoisotopic (exact) mass is 342 g/mol. The van der Waals surface area contributed by atoms with Gasteiger partial charge in [-0.2, -0.15) is 0 Å². The first-order valence-corrected chi connectivity index (χ1v) is 6.39. The minimum absolute atomic E-state index is 0.0776. The van der Waals surface area contributed by atoms with E-state index in [4.69, 9.17) is 16.3 Å². The largest absolute Gasteiger partial charge is 0.431 e. The summed E-state index contributed by atoms with van der Waals surface area (Å²) in [6.07, 6.45) is 1.41. The average Bonchev–Trinajstić information content (AvgIpc) is 2.32. The van der Waals surface area contributed by atoms with Crippen LogP contribution in [0.15, 0.2) is 34.9 Å². The predicted octanol–water partition coefficient (Wildman–Crippen LogP) is 4.51. The van der Waals surface area contributed by atoms with E-state index in [9.17, 15) is 10.1 Å². The quantitative estimate of drug-likeness (QED) is 0.607. The van der Waals surface area contributed by atoms with Crippen LogP contribution in [0.5, 0.6) is 11.6 Å². The van der Waals surface area contributed by atoms with Gasteiger partial charge in [0.25, 0.3) is 0 Å². The normalized spacial score (nSPS) is 10.3. The van der Waals surface area contributed by atoms with Crippen LogP contribution in [0.25, 0.3) is 0 Å². The van der Waals surface area contributed by atoms with Gasteiger partial charge in [0.15, 0.2) is 0 Å². The molecule has 0 aliphatic rings. The molecule has 0 spiro atoms. The summed E-state index contributed by atoms with van der Waals surface area (Å²) < 4.78 is 6.00. The highest BCUT2D eigenvalue weighted by Crippen LogP contribution is 2.36. The van der Waals surface area contributed by atoms with Gasteiger partial charge in [0.05, 0.1) is 14.4 Å². The lowest BCUT2D eigenvalue weighted by atomic mass is 10.2. The van der Waals surface area contributed by atoms with Crippen molar-refractivity contribution in [1.82, 2.24) is 4.98 Å². The van der Waals surface area contributed by atoms with Crippen molar-refractivity contribution < 1.29 is 9.66 Å². The van der Waals surface area contributed by atoms with Crippen LogP contribution in [0.4, 0.5) is 5.69 Å². The third-order valence-corrected chi connectivity index (χ3v) is 3.14. The number of ether oxygens (including phenoxy) is 1. The van der Waals surface area contributed by atoms with Gasteiger partial charge in [-0.15, -0.1) is 0 Å². The SMILES string of the molecule is Cc1cccc(Oc2ncc(Cl)cc2Br)c1[N+](=O)[O-]. The highest BCUT2D eigenvalue weighted by molar-refractivity contribution is 9.10. The lowest BCUT2D eigenvalue weighted by molar-refractivity contribution is -0.386. The van der Waals surface area contributed by atoms with E-state index in [1.165, 1.54) is 12.3 Å². The maximum absolute atomic E-state index is 11.0. The summed E-state index contributed by atoms with van der Waals surface area (Å²) in [7, 11) is 0. The summed E-state index contributed by atoms with van der Waals surface area (Å²) >= 11 is 9.01. The minimum atomic E-state index is -0.478. The summed E-state index contributed by atoms with van der Waals surface area (Å²) in [5.74, 6) is 0.360. The van der Waals surface area contributed by atoms with E-state index >= 15 is 0 Å². The molecule has 0 fully saturated rings. The summed E-state index contributed by atoms with van der Waals surface area (Å²) in [5, 5.41) is 11.5. The van der Waals surface area contributed by atoms with Gasteiger partial charge >= 0.3 is 5.69 Å². The highest BCUT2D eigenvalue weighted by atomic mass is 79.9. The van der Waals surface area contributed by atoms with E-state index in [0.29, 0.717) is 15.1 Å². The molecule has 0 amide bonds. The molecular formula is C12H8BrClN2O3. The topological polar surface area (TPSA) is 65.3 Å². The fourth-order valence-corrected chi connectivity index (χ4v) is 2.25. The first kappa shape index (κ1) is 13.8. The van der Waals surface area contributed by atoms with E-state index in [2.05, 4.69) is 20.9 Å². The number of nitro groups is 1. The maximum Gasteiger partial charge on any atom is 0.314 e. The van der Waals surface area contributed by atoms with Gasteiger partial charge < -0.3 is 4.74 Å². The van der Waals surface area contributed by atoms with Gasteiger partial charge in [0.2, 0.25) is 11.6 Å². The number of halogens is 2. The Morgan fingerprint density at radius 3 is 2.84 bits per heavy atom. The first-order valence-electron chi connectivity index (χ1n) is 5.22. The van der Waals surface area contributed by atoms with Gasteiger partial charge in [0.1, 0.15) is 0 Å². The molecule has 0 N–H and O–H groups in total. The second-order valence-corrected chi connectivity index (χ2v) is 5.01. The third-order valence-electron chi connectivity index (χ3n) is 2.36. The van der Waals surface area contributed by atoms with Gasteiger partial charge in [0, 0.05) is 11.8 Å². The molecule has 98 valence electrons. The maximum atomic E-state index is 11.0. The van der Waals surface area contributed by atoms with Crippen molar-refractivity contribution in [3.63, 3.8) is 0 Å². The number of rotatable bonds is 3. The molecule has 2 rings (SSSR count). The molecular weight excluding hydrogens is 336 g/mol. The van der Waals surface area contributed by atoms with Gasteiger partial charge in [-0.3, -0.25) is 10.1 Å². The van der Waals surface area contributed by atoms with Crippen LogP contribution in [-0.4, -0.2) is 9.91 Å². The molecule has 0 radical (unpaired) electrons. The van der Waals surface area contributed by atoms with Crippen LogP contribution < -0.4 is 4.74 Å². The van der Waals surface area contributed by atoms with E-state index in [1.807, 2.05) is 0 Å². The number of hydrogen-bond acceptors (Lipinski definition) is 4. The number of nitro benzene ring substituents is 1. The molecule has 0 aliphatic carbocycles. The molecule has 0 atom stereocenters. The second-order valence-electron chi connectivity index (χ2n) is 3.72. The zero-order chi connectivity index (χ0) is 14.0. The molecule has 0 saturated carbocycles. The molecule has 1 aromatic carbocycles. The highest BCUT2D eigenvalue weighted by Gasteiger charge is 2.19. The Morgan fingerprint density at radius 1 is 1.47 bits per heavy atom. The van der Waals surface area contributed by atoms with Crippen LogP contribution >= 0.6 is 27.5 Å². The van der Waals surface area contributed by atoms with Crippen molar-refractivity contribution in [2.45, 2.75) is 6.92 Å². The van der Waals surface area contributed by atoms with Crippen molar-refractivity contribution >= 4 is 33.2 Å². The number of nitrogens with zero attached hydrogens (tertiary/aromatic N) is 2. The van der Waals surface area contributed by atoms with Crippen LogP contribution in [0.2, 0.25) is 5.02 Å². The Balaban J connectivity index is 2.44. The van der Waals surface area contributed by atoms with Crippen molar-refractivity contribution in [3.05, 3.63) is 55.6 Å². The summed E-state index contributed by atoms with van der Waals surface area (Å²) in [4.78, 5) is 14.5. The van der Waals surface area contributed by atoms with Crippen molar-refractivity contribution in [3.8, 4) is 11.6 Å². The van der Waals surface area contributed by atoms with Crippen LogP contribution in [0.3, 0.4) is 0 Å². The smallest absolute Gasteiger partial charge is 0.314 e. The summed E-state index contributed by atoms with van der Waals surface area (Å²) in [5.41, 5.74) is 0.443. The zero-order valence-corrected chi connectivity index (χ0v) is 12.1. The van der Waals surface area contributed by atoms with Gasteiger partial charge in [-0.05, 0) is 35.0 Å². The lowest BCUT2D eigenvalue weighted by Gasteiger charge is -2.08. The third kappa shape index (κ3) is 3.02. The fourth-order valence-electron chi connectivity index (χ4n) is 1.53. The number of pyridine rings is 1. The molecule has 0 aliphatic heterocycles. The molecule has 1 heterocycles. The molecule has 0 unspecified atom stereocenters. The van der Waals surface area contributed by atoms with Gasteiger partial charge in [-0.1, -0.05) is 23.7 Å². The Labute approximate surface area is 122 Å². The fraction of sp³-hybridized carbons (Fsp3) is 0.0833. The number of hydrogen-bond donors (Lipinski definition) is 0. The van der Waals surface area contributed by atoms with Crippen molar-refractivity contribution in [2.75, 3.05) is 0 Å². The Morgan fingerprint density at radius 2 is 2.21 bits per heavy atom. The van der Waals surface area contributed by atoms with E-state index < -0.39 is 4.92 Å². The van der Waals surface area contributed by atoms with Crippen molar-refractivity contribution in [1.29, 1.82) is 0 Å². The molecule has 2 aromatic rings. The molecule has 7 heteroatoms. The average molecular weight is 344 g/mol. The van der Waals surface area contributed by atoms with Crippen LogP contribution in [0.1, 0.15) is 5.56 Å². The van der Waals surface area contributed by atoms with E-state index in [1.54, 1.807) is 25.1 Å². The number of aromatic nitrogens is 1. The van der Waals surface area contributed by atoms with Crippen LogP contribution in [-0.2, 0) is 0 Å². The molecule has 1 aromatic heterocycles. The van der Waals surface area contributed by atoms with Crippen LogP contribution in [0, 0.1) is 17.0 Å². The van der Waals surface area contributed by atoms with E-state index in [0.717, 1.165) is 0 Å². The Bertz CT molecular complexity index is 649. The number of para-hydroxylation sites is 1. The number of benzene rings is 1. The summed E-state index contributed by atoms with van der Waals surface area (Å²) in [6.45, 7) is 1.65. The predicted molar refractivity (Wildman–Crippen MR) is 74.9 cm³/mol. The van der Waals surface area contributed by atoms with E-state index in [-0.39, 0.29) is 17.3 Å². The molecule has 0 bridgehead atoms. The molecule has 5 nitrogen and oxygen atoms in total. The van der Waals surface area contributed by atoms with Gasteiger partial charge in [-0.25, -0.2) is 4.98 Å². The first-order chi connectivity index (χ1) is 8.99. The molecule has 0 saturated heterocycles. The standard InChI is InChI=1S/C12H8BrClN2O3/c1-7-3-2-4-10(11(7)16(17)18)19-12-9(13)5-8(14)6-15-12/h2-6H,1H3. The molecule has 19 heavy (non-hydrogen) atoms. The zero-order valence-electron chi connectivity index (χ0n) is 9.76.